The molecular weight excluding hydrogens is 408 g/mol. The van der Waals surface area contributed by atoms with Gasteiger partial charge in [0.2, 0.25) is 0 Å². The van der Waals surface area contributed by atoms with Crippen molar-refractivity contribution in [3.05, 3.63) is 72.3 Å². The minimum absolute atomic E-state index is 0.174. The van der Waals surface area contributed by atoms with Gasteiger partial charge in [0.05, 0.1) is 18.0 Å². The second kappa shape index (κ2) is 9.87. The van der Waals surface area contributed by atoms with Crippen molar-refractivity contribution in [1.29, 1.82) is 0 Å². The third-order valence-corrected chi connectivity index (χ3v) is 5.02. The molecule has 3 aromatic carbocycles. The number of phenols is 1. The highest BCUT2D eigenvalue weighted by Crippen LogP contribution is 2.38. The van der Waals surface area contributed by atoms with Crippen molar-refractivity contribution < 1.29 is 24.2 Å². The van der Waals surface area contributed by atoms with Gasteiger partial charge in [-0.1, -0.05) is 49.9 Å². The average Bonchev–Trinajstić information content (AvgIpc) is 2.79. The van der Waals surface area contributed by atoms with Crippen LogP contribution in [0.3, 0.4) is 0 Å². The Morgan fingerprint density at radius 1 is 1.09 bits per heavy atom. The molecule has 0 atom stereocenters. The van der Waals surface area contributed by atoms with E-state index < -0.39 is 12.2 Å². The number of anilines is 1. The summed E-state index contributed by atoms with van der Waals surface area (Å²) in [5.74, 6) is 0.0114. The van der Waals surface area contributed by atoms with Gasteiger partial charge in [0.25, 0.3) is 0 Å². The Balaban J connectivity index is 2.09. The van der Waals surface area contributed by atoms with Crippen molar-refractivity contribution in [2.75, 3.05) is 18.6 Å². The number of urea groups is 1. The van der Waals surface area contributed by atoms with E-state index in [2.05, 4.69) is 11.9 Å². The highest BCUT2D eigenvalue weighted by atomic mass is 16.7. The summed E-state index contributed by atoms with van der Waals surface area (Å²) in [5, 5.41) is 15.2. The summed E-state index contributed by atoms with van der Waals surface area (Å²) in [5.41, 5.74) is 1.89. The number of rotatable bonds is 6. The average molecular weight is 434 g/mol. The Bertz CT molecular complexity index is 1170. The smallest absolute Gasteiger partial charge is 0.507 e. The van der Waals surface area contributed by atoms with Crippen LogP contribution in [0.2, 0.25) is 0 Å². The van der Waals surface area contributed by atoms with Gasteiger partial charge in [-0.2, -0.15) is 0 Å². The van der Waals surface area contributed by atoms with Crippen LogP contribution in [-0.2, 0) is 11.2 Å². The van der Waals surface area contributed by atoms with E-state index in [4.69, 9.17) is 9.47 Å². The fraction of sp³-hybridized carbons (Fsp3) is 0.200. The first kappa shape index (κ1) is 22.7. The molecule has 0 spiro atoms. The number of benzene rings is 3. The molecule has 7 nitrogen and oxygen atoms in total. The second-order valence-electron chi connectivity index (χ2n) is 6.95. The lowest BCUT2D eigenvalue weighted by Crippen LogP contribution is -2.36. The Hall–Kier alpha value is -4.00. The summed E-state index contributed by atoms with van der Waals surface area (Å²) in [7, 11) is 1.53. The number of aryl methyl sites for hydroxylation is 1. The van der Waals surface area contributed by atoms with Gasteiger partial charge in [0.15, 0.2) is 0 Å². The number of aromatic hydroxyl groups is 1. The number of hydrogen-bond donors (Lipinski definition) is 2. The predicted octanol–water partition coefficient (Wildman–Crippen LogP) is 5.46. The van der Waals surface area contributed by atoms with Gasteiger partial charge >= 0.3 is 12.2 Å². The summed E-state index contributed by atoms with van der Waals surface area (Å²) in [6, 6.07) is 15.9. The van der Waals surface area contributed by atoms with E-state index >= 15 is 0 Å². The molecule has 0 aliphatic heterocycles. The summed E-state index contributed by atoms with van der Waals surface area (Å²) >= 11 is 0. The van der Waals surface area contributed by atoms with Gasteiger partial charge in [0, 0.05) is 24.1 Å². The van der Waals surface area contributed by atoms with Crippen LogP contribution >= 0.6 is 0 Å². The first-order valence-electron chi connectivity index (χ1n) is 10.3. The van der Waals surface area contributed by atoms with E-state index in [-0.39, 0.29) is 23.8 Å². The summed E-state index contributed by atoms with van der Waals surface area (Å²) in [6.07, 6.45) is -0.334. The van der Waals surface area contributed by atoms with Crippen LogP contribution in [0.25, 0.3) is 16.5 Å². The number of fused-ring (bicyclic) bond motifs is 1. The minimum Gasteiger partial charge on any atom is -0.507 e. The second-order valence-corrected chi connectivity index (χ2v) is 6.95. The molecule has 7 heteroatoms. The van der Waals surface area contributed by atoms with Gasteiger partial charge in [-0.15, -0.1) is 0 Å². The van der Waals surface area contributed by atoms with Crippen molar-refractivity contribution in [2.24, 2.45) is 0 Å². The molecule has 3 rings (SSSR count). The maximum atomic E-state index is 12.9. The van der Waals surface area contributed by atoms with Crippen LogP contribution in [-0.4, -0.2) is 30.9 Å². The Morgan fingerprint density at radius 3 is 2.50 bits per heavy atom. The molecule has 2 amide bonds. The highest BCUT2D eigenvalue weighted by molar-refractivity contribution is 6.11. The topological polar surface area (TPSA) is 88.1 Å². The molecule has 0 unspecified atom stereocenters. The van der Waals surface area contributed by atoms with Gasteiger partial charge in [0.1, 0.15) is 11.5 Å². The van der Waals surface area contributed by atoms with Crippen molar-refractivity contribution in [3.63, 3.8) is 0 Å². The van der Waals surface area contributed by atoms with Crippen molar-refractivity contribution in [3.8, 4) is 11.5 Å². The van der Waals surface area contributed by atoms with Crippen LogP contribution in [0.1, 0.15) is 25.0 Å². The SMILES string of the molecule is C=C(c1cc(CC)c(OC(=O)OCC)cc1O)N(C(=O)NC)c1cccc2ccccc12. The normalized spacial score (nSPS) is 10.5. The Kier molecular flexibility index (Phi) is 7.00. The zero-order chi connectivity index (χ0) is 23.3. The van der Waals surface area contributed by atoms with Gasteiger partial charge in [-0.25, -0.2) is 9.59 Å². The number of nitrogens with zero attached hydrogens (tertiary/aromatic N) is 1. The van der Waals surface area contributed by atoms with Crippen LogP contribution in [0.4, 0.5) is 15.3 Å². The molecule has 2 N–H and O–H groups in total. The minimum atomic E-state index is -0.851. The molecule has 0 aliphatic rings. The van der Waals surface area contributed by atoms with Crippen LogP contribution in [0.15, 0.2) is 61.2 Å². The predicted molar refractivity (Wildman–Crippen MR) is 125 cm³/mol. The maximum Gasteiger partial charge on any atom is 0.513 e. The van der Waals surface area contributed by atoms with Crippen molar-refractivity contribution >= 4 is 34.3 Å². The molecule has 3 aromatic rings. The lowest BCUT2D eigenvalue weighted by atomic mass is 10.0. The first-order chi connectivity index (χ1) is 15.4. The van der Waals surface area contributed by atoms with E-state index in [1.807, 2.05) is 49.4 Å². The number of carbonyl (C=O) groups excluding carboxylic acids is 2. The van der Waals surface area contributed by atoms with E-state index in [0.717, 1.165) is 10.8 Å². The van der Waals surface area contributed by atoms with Gasteiger partial charge < -0.3 is 19.9 Å². The zero-order valence-electron chi connectivity index (χ0n) is 18.3. The molecule has 0 aromatic heterocycles. The monoisotopic (exact) mass is 434 g/mol. The molecule has 0 radical (unpaired) electrons. The molecule has 0 saturated carbocycles. The zero-order valence-corrected chi connectivity index (χ0v) is 18.3. The highest BCUT2D eigenvalue weighted by Gasteiger charge is 2.24. The number of ether oxygens (including phenoxy) is 2. The number of carbonyl (C=O) groups is 2. The molecule has 32 heavy (non-hydrogen) atoms. The third kappa shape index (κ3) is 4.51. The number of hydrogen-bond acceptors (Lipinski definition) is 5. The fourth-order valence-electron chi connectivity index (χ4n) is 3.47. The molecule has 0 bridgehead atoms. The van der Waals surface area contributed by atoms with Crippen LogP contribution < -0.4 is 15.0 Å². The van der Waals surface area contributed by atoms with Crippen molar-refractivity contribution in [1.82, 2.24) is 5.32 Å². The standard InChI is InChI=1S/C25H26N2O5/c1-5-17-14-20(22(28)15-23(17)32-25(30)31-6-2)16(3)27(24(29)26-4)21-13-9-11-18-10-7-8-12-19(18)21/h7-15,28H,3,5-6H2,1-2,4H3,(H,26,29). The van der Waals surface area contributed by atoms with E-state index in [1.54, 1.807) is 13.0 Å². The largest absolute Gasteiger partial charge is 0.513 e. The maximum absolute atomic E-state index is 12.9. The van der Waals surface area contributed by atoms with Gasteiger partial charge in [-0.3, -0.25) is 4.90 Å². The molecular formula is C25H26N2O5. The molecule has 0 fully saturated rings. The lowest BCUT2D eigenvalue weighted by molar-refractivity contribution is 0.104. The van der Waals surface area contributed by atoms with E-state index in [0.29, 0.717) is 23.2 Å². The van der Waals surface area contributed by atoms with Gasteiger partial charge in [-0.05, 0) is 36.4 Å². The summed E-state index contributed by atoms with van der Waals surface area (Å²) < 4.78 is 10.0. The van der Waals surface area contributed by atoms with E-state index in [1.165, 1.54) is 18.0 Å². The molecule has 0 aliphatic carbocycles. The Morgan fingerprint density at radius 2 is 1.81 bits per heavy atom. The molecule has 166 valence electrons. The fourth-order valence-corrected chi connectivity index (χ4v) is 3.47. The summed E-state index contributed by atoms with van der Waals surface area (Å²) in [6.45, 7) is 7.84. The quantitative estimate of drug-likeness (QED) is 0.397. The molecule has 0 heterocycles. The number of nitrogens with one attached hydrogen (secondary N) is 1. The number of phenolic OH excluding ortho intramolecular Hbond substituents is 1. The summed E-state index contributed by atoms with van der Waals surface area (Å²) in [4.78, 5) is 26.1. The van der Waals surface area contributed by atoms with E-state index in [9.17, 15) is 14.7 Å². The van der Waals surface area contributed by atoms with Crippen LogP contribution in [0, 0.1) is 0 Å². The Labute approximate surface area is 186 Å². The third-order valence-electron chi connectivity index (χ3n) is 5.02. The molecule has 0 saturated heterocycles. The lowest BCUT2D eigenvalue weighted by Gasteiger charge is -2.27. The first-order valence-corrected chi connectivity index (χ1v) is 10.3. The van der Waals surface area contributed by atoms with Crippen molar-refractivity contribution in [2.45, 2.75) is 20.3 Å². The number of amides is 2. The van der Waals surface area contributed by atoms with Crippen LogP contribution in [0.5, 0.6) is 11.5 Å².